The van der Waals surface area contributed by atoms with Gasteiger partial charge in [0.15, 0.2) is 0 Å². The molecule has 0 bridgehead atoms. The molecule has 2 rings (SSSR count). The number of allylic oxidation sites excluding steroid dienone is 2. The molecule has 0 aromatic carbocycles. The average molecular weight is 274 g/mol. The lowest BCUT2D eigenvalue weighted by molar-refractivity contribution is -0.147. The van der Waals surface area contributed by atoms with Crippen LogP contribution in [0.3, 0.4) is 0 Å². The number of nitrogens with one attached hydrogen (secondary N) is 1. The standard InChI is InChI=1S/C15H18N2O3/c18-14(12-3-1-2-4-13(12)15(19)20)17-10-7-11-5-8-16-9-6-11/h1-2,5-6,8-9,12-13H,3-4,7,10H2,(H,17,18)(H,19,20)/t12-,13+/m1/s1. The predicted octanol–water partition coefficient (Wildman–Crippen LogP) is 1.41. The van der Waals surface area contributed by atoms with Crippen LogP contribution in [0.15, 0.2) is 36.7 Å². The van der Waals surface area contributed by atoms with Crippen molar-refractivity contribution in [2.24, 2.45) is 11.8 Å². The fraction of sp³-hybridized carbons (Fsp3) is 0.400. The van der Waals surface area contributed by atoms with Crippen molar-refractivity contribution in [1.29, 1.82) is 0 Å². The number of rotatable bonds is 5. The minimum Gasteiger partial charge on any atom is -0.481 e. The molecule has 5 heteroatoms. The minimum atomic E-state index is -0.899. The van der Waals surface area contributed by atoms with Crippen LogP contribution in [-0.2, 0) is 16.0 Å². The van der Waals surface area contributed by atoms with E-state index in [1.807, 2.05) is 24.3 Å². The minimum absolute atomic E-state index is 0.171. The highest BCUT2D eigenvalue weighted by molar-refractivity contribution is 5.85. The van der Waals surface area contributed by atoms with E-state index in [1.165, 1.54) is 0 Å². The molecule has 1 amide bonds. The van der Waals surface area contributed by atoms with Gasteiger partial charge in [-0.25, -0.2) is 0 Å². The second-order valence-electron chi connectivity index (χ2n) is 4.89. The molecular formula is C15H18N2O3. The van der Waals surface area contributed by atoms with Crippen LogP contribution in [0.25, 0.3) is 0 Å². The summed E-state index contributed by atoms with van der Waals surface area (Å²) in [6.07, 6.45) is 8.78. The molecular weight excluding hydrogens is 256 g/mol. The van der Waals surface area contributed by atoms with Crippen LogP contribution in [0.5, 0.6) is 0 Å². The summed E-state index contributed by atoms with van der Waals surface area (Å²) in [5, 5.41) is 12.0. The second kappa shape index (κ2) is 6.84. The third kappa shape index (κ3) is 3.66. The van der Waals surface area contributed by atoms with Gasteiger partial charge in [-0.1, -0.05) is 12.2 Å². The molecule has 0 radical (unpaired) electrons. The fourth-order valence-electron chi connectivity index (χ4n) is 2.39. The largest absolute Gasteiger partial charge is 0.481 e. The lowest BCUT2D eigenvalue weighted by Crippen LogP contribution is -2.39. The zero-order chi connectivity index (χ0) is 14.4. The molecule has 0 saturated carbocycles. The average Bonchev–Trinajstić information content (AvgIpc) is 2.48. The summed E-state index contributed by atoms with van der Waals surface area (Å²) in [5.74, 6) is -2.14. The first kappa shape index (κ1) is 14.2. The zero-order valence-electron chi connectivity index (χ0n) is 11.2. The van der Waals surface area contributed by atoms with Crippen molar-refractivity contribution < 1.29 is 14.7 Å². The van der Waals surface area contributed by atoms with E-state index in [2.05, 4.69) is 10.3 Å². The Kier molecular flexibility index (Phi) is 4.87. The maximum absolute atomic E-state index is 12.1. The van der Waals surface area contributed by atoms with Gasteiger partial charge in [0.05, 0.1) is 11.8 Å². The highest BCUT2D eigenvalue weighted by atomic mass is 16.4. The molecule has 1 aromatic heterocycles. The van der Waals surface area contributed by atoms with E-state index in [4.69, 9.17) is 5.11 Å². The molecule has 2 N–H and O–H groups in total. The highest BCUT2D eigenvalue weighted by Crippen LogP contribution is 2.25. The van der Waals surface area contributed by atoms with Gasteiger partial charge in [-0.3, -0.25) is 14.6 Å². The summed E-state index contributed by atoms with van der Waals surface area (Å²) in [4.78, 5) is 27.2. The van der Waals surface area contributed by atoms with Crippen molar-refractivity contribution in [2.45, 2.75) is 19.3 Å². The molecule has 0 fully saturated rings. The molecule has 0 aliphatic heterocycles. The van der Waals surface area contributed by atoms with Crippen LogP contribution in [-0.4, -0.2) is 28.5 Å². The number of pyridine rings is 1. The van der Waals surface area contributed by atoms with Gasteiger partial charge in [-0.15, -0.1) is 0 Å². The molecule has 5 nitrogen and oxygen atoms in total. The van der Waals surface area contributed by atoms with Crippen molar-refractivity contribution in [1.82, 2.24) is 10.3 Å². The van der Waals surface area contributed by atoms with Gasteiger partial charge in [0.1, 0.15) is 0 Å². The molecule has 2 atom stereocenters. The number of hydrogen-bond acceptors (Lipinski definition) is 3. The topological polar surface area (TPSA) is 79.3 Å². The summed E-state index contributed by atoms with van der Waals surface area (Å²) in [7, 11) is 0. The fourth-order valence-corrected chi connectivity index (χ4v) is 2.39. The second-order valence-corrected chi connectivity index (χ2v) is 4.89. The molecule has 0 unspecified atom stereocenters. The summed E-state index contributed by atoms with van der Waals surface area (Å²) < 4.78 is 0. The van der Waals surface area contributed by atoms with Crippen LogP contribution in [0, 0.1) is 11.8 Å². The Balaban J connectivity index is 1.85. The Hall–Kier alpha value is -2.17. The molecule has 106 valence electrons. The lowest BCUT2D eigenvalue weighted by atomic mass is 9.82. The Morgan fingerprint density at radius 3 is 2.50 bits per heavy atom. The van der Waals surface area contributed by atoms with Gasteiger partial charge in [0, 0.05) is 18.9 Å². The van der Waals surface area contributed by atoms with E-state index in [-0.39, 0.29) is 5.91 Å². The quantitative estimate of drug-likeness (QED) is 0.796. The van der Waals surface area contributed by atoms with E-state index in [9.17, 15) is 9.59 Å². The first-order valence-electron chi connectivity index (χ1n) is 6.73. The third-order valence-electron chi connectivity index (χ3n) is 3.55. The van der Waals surface area contributed by atoms with Gasteiger partial charge in [-0.2, -0.15) is 0 Å². The number of carbonyl (C=O) groups excluding carboxylic acids is 1. The van der Waals surface area contributed by atoms with Crippen molar-refractivity contribution in [3.05, 3.63) is 42.2 Å². The first-order chi connectivity index (χ1) is 9.68. The number of carboxylic acid groups (broad SMARTS) is 1. The molecule has 0 saturated heterocycles. The van der Waals surface area contributed by atoms with Crippen LogP contribution < -0.4 is 5.32 Å². The Morgan fingerprint density at radius 1 is 1.20 bits per heavy atom. The van der Waals surface area contributed by atoms with Crippen LogP contribution in [0.2, 0.25) is 0 Å². The smallest absolute Gasteiger partial charge is 0.307 e. The summed E-state index contributed by atoms with van der Waals surface area (Å²) >= 11 is 0. The van der Waals surface area contributed by atoms with Gasteiger partial charge >= 0.3 is 5.97 Å². The summed E-state index contributed by atoms with van der Waals surface area (Å²) in [6, 6.07) is 3.80. The van der Waals surface area contributed by atoms with Crippen LogP contribution >= 0.6 is 0 Å². The van der Waals surface area contributed by atoms with E-state index in [0.29, 0.717) is 25.8 Å². The van der Waals surface area contributed by atoms with Crippen molar-refractivity contribution in [3.63, 3.8) is 0 Å². The number of carbonyl (C=O) groups is 2. The normalized spacial score (nSPS) is 21.4. The number of aliphatic carboxylic acids is 1. The van der Waals surface area contributed by atoms with Crippen LogP contribution in [0.4, 0.5) is 0 Å². The first-order valence-corrected chi connectivity index (χ1v) is 6.73. The maximum Gasteiger partial charge on any atom is 0.307 e. The predicted molar refractivity (Wildman–Crippen MR) is 73.9 cm³/mol. The van der Waals surface area contributed by atoms with E-state index >= 15 is 0 Å². The summed E-state index contributed by atoms with van der Waals surface area (Å²) in [6.45, 7) is 0.509. The van der Waals surface area contributed by atoms with Crippen LogP contribution in [0.1, 0.15) is 18.4 Å². The van der Waals surface area contributed by atoms with Gasteiger partial charge in [0.25, 0.3) is 0 Å². The van der Waals surface area contributed by atoms with Gasteiger partial charge < -0.3 is 10.4 Å². The Bertz CT molecular complexity index is 499. The van der Waals surface area contributed by atoms with Crippen molar-refractivity contribution >= 4 is 11.9 Å². The SMILES string of the molecule is O=C(O)[C@H]1CC=CC[C@H]1C(=O)NCCc1ccncc1. The molecule has 1 aromatic rings. The monoisotopic (exact) mass is 274 g/mol. The third-order valence-corrected chi connectivity index (χ3v) is 3.55. The van der Waals surface area contributed by atoms with Gasteiger partial charge in [-0.05, 0) is 37.0 Å². The lowest BCUT2D eigenvalue weighted by Gasteiger charge is -2.24. The molecule has 1 heterocycles. The van der Waals surface area contributed by atoms with E-state index < -0.39 is 17.8 Å². The summed E-state index contributed by atoms with van der Waals surface area (Å²) in [5.41, 5.74) is 1.10. The molecule has 0 spiro atoms. The number of nitrogens with zero attached hydrogens (tertiary/aromatic N) is 1. The zero-order valence-corrected chi connectivity index (χ0v) is 11.2. The molecule has 1 aliphatic carbocycles. The molecule has 20 heavy (non-hydrogen) atoms. The van der Waals surface area contributed by atoms with Crippen molar-refractivity contribution in [2.75, 3.05) is 6.54 Å². The van der Waals surface area contributed by atoms with E-state index in [1.54, 1.807) is 12.4 Å². The highest BCUT2D eigenvalue weighted by Gasteiger charge is 2.33. The van der Waals surface area contributed by atoms with Crippen molar-refractivity contribution in [3.8, 4) is 0 Å². The number of aromatic nitrogens is 1. The van der Waals surface area contributed by atoms with Gasteiger partial charge in [0.2, 0.25) is 5.91 Å². The van der Waals surface area contributed by atoms with E-state index in [0.717, 1.165) is 5.56 Å². The number of hydrogen-bond donors (Lipinski definition) is 2. The number of carboxylic acids is 1. The Labute approximate surface area is 117 Å². The molecule has 1 aliphatic rings. The Morgan fingerprint density at radius 2 is 1.85 bits per heavy atom. The maximum atomic E-state index is 12.1. The number of amides is 1.